The quantitative estimate of drug-likeness (QED) is 0.586. The second-order valence-corrected chi connectivity index (χ2v) is 3.37. The molecule has 0 saturated carbocycles. The van der Waals surface area contributed by atoms with Gasteiger partial charge in [0.1, 0.15) is 0 Å². The van der Waals surface area contributed by atoms with E-state index in [1.54, 1.807) is 0 Å². The number of carbonyl (C=O) groups excluding carboxylic acids is 1. The first kappa shape index (κ1) is 13.7. The van der Waals surface area contributed by atoms with Crippen molar-refractivity contribution in [2.24, 2.45) is 0 Å². The molecule has 0 bridgehead atoms. The first-order chi connectivity index (χ1) is 7.35. The molecule has 2 heteroatoms. The summed E-state index contributed by atoms with van der Waals surface area (Å²) in [5.41, 5.74) is 1.32. The molecule has 1 amide bonds. The fourth-order valence-corrected chi connectivity index (χ4v) is 1.10. The molecule has 0 aliphatic rings. The van der Waals surface area contributed by atoms with Crippen LogP contribution in [0.1, 0.15) is 33.7 Å². The molecule has 0 aromatic heterocycles. The van der Waals surface area contributed by atoms with Crippen molar-refractivity contribution in [3.8, 4) is 0 Å². The molecule has 2 nitrogen and oxygen atoms in total. The third-order valence-electron chi connectivity index (χ3n) is 1.71. The van der Waals surface area contributed by atoms with Gasteiger partial charge in [0.15, 0.2) is 0 Å². The Bertz CT molecular complexity index is 239. The summed E-state index contributed by atoms with van der Waals surface area (Å²) in [5.74, 6) is 0. The van der Waals surface area contributed by atoms with Gasteiger partial charge in [-0.3, -0.25) is 4.79 Å². The normalized spacial score (nSPS) is 8.67. The van der Waals surface area contributed by atoms with Gasteiger partial charge in [-0.1, -0.05) is 50.6 Å². The van der Waals surface area contributed by atoms with Crippen molar-refractivity contribution >= 4 is 6.41 Å². The number of aryl methyl sites for hydroxylation is 1. The second-order valence-electron chi connectivity index (χ2n) is 3.37. The average Bonchev–Trinajstić information content (AvgIpc) is 2.27. The zero-order valence-corrected chi connectivity index (χ0v) is 9.70. The van der Waals surface area contributed by atoms with Crippen LogP contribution in [-0.4, -0.2) is 13.0 Å². The van der Waals surface area contributed by atoms with Crippen LogP contribution in [-0.2, 0) is 11.2 Å². The van der Waals surface area contributed by atoms with Gasteiger partial charge in [0, 0.05) is 7.97 Å². The van der Waals surface area contributed by atoms with Crippen LogP contribution >= 0.6 is 0 Å². The summed E-state index contributed by atoms with van der Waals surface area (Å²) in [5, 5.41) is 2.64. The molecular weight excluding hydrogens is 186 g/mol. The Balaban J connectivity index is 0. The van der Waals surface area contributed by atoms with E-state index in [1.165, 1.54) is 12.0 Å². The van der Waals surface area contributed by atoms with E-state index < -0.39 is 0 Å². The number of carbonyl (C=O) groups is 1. The second kappa shape index (κ2) is 10.8. The molecule has 86 valence electrons. The molecule has 0 heterocycles. The Morgan fingerprint density at radius 2 is 1.87 bits per heavy atom. The SMILES string of the molecule is CCC.O=CNCCCc1ccccc1.[HH]. The van der Waals surface area contributed by atoms with Gasteiger partial charge in [0.05, 0.1) is 0 Å². The largest absolute Gasteiger partial charge is 0.359 e. The molecule has 1 aromatic rings. The van der Waals surface area contributed by atoms with Gasteiger partial charge >= 0.3 is 0 Å². The van der Waals surface area contributed by atoms with Crippen molar-refractivity contribution in [1.29, 1.82) is 0 Å². The van der Waals surface area contributed by atoms with Crippen molar-refractivity contribution < 1.29 is 6.22 Å². The molecule has 1 rings (SSSR count). The minimum Gasteiger partial charge on any atom is -0.359 e. The summed E-state index contributed by atoms with van der Waals surface area (Å²) >= 11 is 0. The van der Waals surface area contributed by atoms with E-state index in [0.29, 0.717) is 0 Å². The highest BCUT2D eigenvalue weighted by atomic mass is 16.1. The maximum absolute atomic E-state index is 9.91. The maximum Gasteiger partial charge on any atom is 0.207 e. The predicted molar refractivity (Wildman–Crippen MR) is 66.9 cm³/mol. The predicted octanol–water partition coefficient (Wildman–Crippen LogP) is 3.03. The van der Waals surface area contributed by atoms with Gasteiger partial charge < -0.3 is 5.32 Å². The molecule has 0 unspecified atom stereocenters. The zero-order valence-electron chi connectivity index (χ0n) is 9.70. The third-order valence-corrected chi connectivity index (χ3v) is 1.71. The van der Waals surface area contributed by atoms with Gasteiger partial charge in [-0.15, -0.1) is 0 Å². The molecule has 1 aromatic carbocycles. The summed E-state index contributed by atoms with van der Waals surface area (Å²) in [6, 6.07) is 10.3. The molecule has 0 fully saturated rings. The Kier molecular flexibility index (Phi) is 9.83. The molecule has 1 N–H and O–H groups in total. The highest BCUT2D eigenvalue weighted by Crippen LogP contribution is 2.00. The van der Waals surface area contributed by atoms with Crippen LogP contribution in [0.3, 0.4) is 0 Å². The van der Waals surface area contributed by atoms with Gasteiger partial charge in [0.2, 0.25) is 6.41 Å². The van der Waals surface area contributed by atoms with Crippen LogP contribution in [0.2, 0.25) is 0 Å². The van der Waals surface area contributed by atoms with Crippen LogP contribution in [0.5, 0.6) is 0 Å². The first-order valence-electron chi connectivity index (χ1n) is 5.56. The Morgan fingerprint density at radius 1 is 1.27 bits per heavy atom. The third kappa shape index (κ3) is 9.01. The minimum atomic E-state index is 0. The number of hydrogen-bond acceptors (Lipinski definition) is 1. The smallest absolute Gasteiger partial charge is 0.207 e. The van der Waals surface area contributed by atoms with E-state index in [9.17, 15) is 4.79 Å². The highest BCUT2D eigenvalue weighted by Gasteiger charge is 1.89. The molecule has 0 spiro atoms. The van der Waals surface area contributed by atoms with Crippen molar-refractivity contribution in [1.82, 2.24) is 5.32 Å². The van der Waals surface area contributed by atoms with Crippen LogP contribution in [0.15, 0.2) is 30.3 Å². The fourth-order valence-electron chi connectivity index (χ4n) is 1.10. The molecule has 0 aliphatic heterocycles. The minimum absolute atomic E-state index is 0. The Labute approximate surface area is 94.2 Å². The van der Waals surface area contributed by atoms with Crippen molar-refractivity contribution in [3.63, 3.8) is 0 Å². The van der Waals surface area contributed by atoms with E-state index in [2.05, 4.69) is 31.3 Å². The fraction of sp³-hybridized carbons (Fsp3) is 0.462. The lowest BCUT2D eigenvalue weighted by molar-refractivity contribution is -0.109. The zero-order chi connectivity index (χ0) is 11.4. The van der Waals surface area contributed by atoms with Gasteiger partial charge in [-0.05, 0) is 18.4 Å². The lowest BCUT2D eigenvalue weighted by atomic mass is 10.1. The summed E-state index contributed by atoms with van der Waals surface area (Å²) in [7, 11) is 0. The molecule has 0 aliphatic carbocycles. The number of benzene rings is 1. The van der Waals surface area contributed by atoms with Crippen LogP contribution in [0, 0.1) is 0 Å². The van der Waals surface area contributed by atoms with Crippen molar-refractivity contribution in [2.45, 2.75) is 33.1 Å². The Hall–Kier alpha value is -1.31. The average molecular weight is 209 g/mol. The standard InChI is InChI=1S/C10H13NO.C3H8.H2/c12-9-11-8-4-7-10-5-2-1-3-6-10;1-3-2;/h1-3,5-6,9H,4,7-8H2,(H,11,12);3H2,1-2H3;1H. The lowest BCUT2D eigenvalue weighted by Crippen LogP contribution is -2.12. The molecule has 0 atom stereocenters. The Morgan fingerprint density at radius 3 is 2.40 bits per heavy atom. The van der Waals surface area contributed by atoms with E-state index in [1.807, 2.05) is 18.2 Å². The number of rotatable bonds is 5. The topological polar surface area (TPSA) is 29.1 Å². The highest BCUT2D eigenvalue weighted by molar-refractivity contribution is 5.45. The first-order valence-corrected chi connectivity index (χ1v) is 5.56. The molecule has 0 saturated heterocycles. The monoisotopic (exact) mass is 209 g/mol. The van der Waals surface area contributed by atoms with Crippen molar-refractivity contribution in [3.05, 3.63) is 35.9 Å². The maximum atomic E-state index is 9.91. The van der Waals surface area contributed by atoms with Crippen LogP contribution in [0.25, 0.3) is 0 Å². The summed E-state index contributed by atoms with van der Waals surface area (Å²) in [4.78, 5) is 9.91. The molecule has 15 heavy (non-hydrogen) atoms. The van der Waals surface area contributed by atoms with E-state index in [0.717, 1.165) is 25.8 Å². The number of nitrogens with one attached hydrogen (secondary N) is 1. The number of amides is 1. The number of hydrogen-bond donors (Lipinski definition) is 1. The van der Waals surface area contributed by atoms with E-state index in [4.69, 9.17) is 0 Å². The summed E-state index contributed by atoms with van der Waals surface area (Å²) in [6.07, 6.45) is 4.02. The van der Waals surface area contributed by atoms with Crippen LogP contribution < -0.4 is 5.32 Å². The van der Waals surface area contributed by atoms with E-state index in [-0.39, 0.29) is 1.43 Å². The molecular formula is C13H23NO. The lowest BCUT2D eigenvalue weighted by Gasteiger charge is -1.99. The van der Waals surface area contributed by atoms with Gasteiger partial charge in [0.25, 0.3) is 0 Å². The van der Waals surface area contributed by atoms with Crippen molar-refractivity contribution in [2.75, 3.05) is 6.54 Å². The summed E-state index contributed by atoms with van der Waals surface area (Å²) < 4.78 is 0. The summed E-state index contributed by atoms with van der Waals surface area (Å²) in [6.45, 7) is 5.01. The molecule has 0 radical (unpaired) electrons. The van der Waals surface area contributed by atoms with Gasteiger partial charge in [-0.2, -0.15) is 0 Å². The van der Waals surface area contributed by atoms with Gasteiger partial charge in [-0.25, -0.2) is 0 Å². The van der Waals surface area contributed by atoms with Crippen LogP contribution in [0.4, 0.5) is 0 Å². The van der Waals surface area contributed by atoms with E-state index >= 15 is 0 Å².